The fourth-order valence-corrected chi connectivity index (χ4v) is 1.85. The van der Waals surface area contributed by atoms with Crippen molar-refractivity contribution in [3.8, 4) is 5.75 Å². The highest BCUT2D eigenvalue weighted by Crippen LogP contribution is 2.11. The monoisotopic (exact) mass is 289 g/mol. The molecule has 1 amide bonds. The second kappa shape index (κ2) is 7.44. The summed E-state index contributed by atoms with van der Waals surface area (Å²) in [6, 6.07) is 7.76. The third kappa shape index (κ3) is 4.32. The van der Waals surface area contributed by atoms with Crippen molar-refractivity contribution in [2.24, 2.45) is 0 Å². The summed E-state index contributed by atoms with van der Waals surface area (Å²) in [6.07, 6.45) is 2.12. The van der Waals surface area contributed by atoms with Gasteiger partial charge >= 0.3 is 0 Å². The topological polar surface area (TPSA) is 76.4 Å². The fourth-order valence-electron chi connectivity index (χ4n) is 1.85. The number of methoxy groups -OCH3 is 1. The van der Waals surface area contributed by atoms with Crippen LogP contribution in [0.25, 0.3) is 0 Å². The van der Waals surface area contributed by atoms with E-state index in [2.05, 4.69) is 15.6 Å². The number of carbonyl (C=O) groups is 1. The number of ether oxygens (including phenoxy) is 1. The van der Waals surface area contributed by atoms with Gasteiger partial charge in [-0.2, -0.15) is 0 Å². The first kappa shape index (κ1) is 15.1. The van der Waals surface area contributed by atoms with Gasteiger partial charge in [0.2, 0.25) is 5.89 Å². The van der Waals surface area contributed by atoms with E-state index in [1.807, 2.05) is 24.3 Å². The summed E-state index contributed by atoms with van der Waals surface area (Å²) in [5.74, 6) is 1.09. The molecule has 1 heterocycles. The van der Waals surface area contributed by atoms with Crippen molar-refractivity contribution in [2.75, 3.05) is 20.7 Å². The van der Waals surface area contributed by atoms with Crippen molar-refractivity contribution in [3.63, 3.8) is 0 Å². The molecule has 0 aliphatic heterocycles. The molecule has 0 bridgehead atoms. The first-order chi connectivity index (χ1) is 10.2. The van der Waals surface area contributed by atoms with Gasteiger partial charge in [0.25, 0.3) is 5.91 Å². The van der Waals surface area contributed by atoms with E-state index in [9.17, 15) is 4.79 Å². The number of oxazole rings is 1. The zero-order valence-corrected chi connectivity index (χ0v) is 12.2. The van der Waals surface area contributed by atoms with Crippen molar-refractivity contribution in [1.29, 1.82) is 0 Å². The summed E-state index contributed by atoms with van der Waals surface area (Å²) >= 11 is 0. The Bertz CT molecular complexity index is 578. The summed E-state index contributed by atoms with van der Waals surface area (Å²) in [4.78, 5) is 16.0. The number of nitrogens with zero attached hydrogens (tertiary/aromatic N) is 1. The first-order valence-corrected chi connectivity index (χ1v) is 6.73. The maximum Gasteiger partial charge on any atom is 0.273 e. The lowest BCUT2D eigenvalue weighted by molar-refractivity contribution is 0.0949. The molecule has 1 aromatic heterocycles. The van der Waals surface area contributed by atoms with E-state index in [0.29, 0.717) is 24.7 Å². The largest absolute Gasteiger partial charge is 0.497 e. The minimum atomic E-state index is -0.227. The van der Waals surface area contributed by atoms with E-state index >= 15 is 0 Å². The zero-order chi connectivity index (χ0) is 15.1. The third-order valence-corrected chi connectivity index (χ3v) is 2.97. The minimum absolute atomic E-state index is 0.227. The average Bonchev–Trinajstić information content (AvgIpc) is 2.97. The van der Waals surface area contributed by atoms with E-state index in [1.54, 1.807) is 14.2 Å². The molecule has 0 unspecified atom stereocenters. The highest BCUT2D eigenvalue weighted by atomic mass is 16.5. The van der Waals surface area contributed by atoms with Crippen LogP contribution in [-0.2, 0) is 13.0 Å². The molecule has 0 fully saturated rings. The SMILES string of the molecule is CNCc1nc(C(=O)NCCc2ccc(OC)cc2)co1. The molecule has 21 heavy (non-hydrogen) atoms. The van der Waals surface area contributed by atoms with Gasteiger partial charge < -0.3 is 19.8 Å². The van der Waals surface area contributed by atoms with E-state index in [4.69, 9.17) is 9.15 Å². The Kier molecular flexibility index (Phi) is 5.34. The first-order valence-electron chi connectivity index (χ1n) is 6.73. The van der Waals surface area contributed by atoms with Crippen LogP contribution in [0.2, 0.25) is 0 Å². The number of aromatic nitrogens is 1. The molecule has 112 valence electrons. The smallest absolute Gasteiger partial charge is 0.273 e. The van der Waals surface area contributed by atoms with Gasteiger partial charge in [0.05, 0.1) is 13.7 Å². The molecule has 0 saturated carbocycles. The van der Waals surface area contributed by atoms with Gasteiger partial charge in [-0.05, 0) is 31.2 Å². The highest BCUT2D eigenvalue weighted by Gasteiger charge is 2.11. The number of carbonyl (C=O) groups excluding carboxylic acids is 1. The molecule has 0 atom stereocenters. The molecule has 6 heteroatoms. The van der Waals surface area contributed by atoms with Gasteiger partial charge in [-0.25, -0.2) is 4.98 Å². The summed E-state index contributed by atoms with van der Waals surface area (Å²) in [7, 11) is 3.42. The second-order valence-electron chi connectivity index (χ2n) is 4.51. The molecule has 1 aromatic carbocycles. The Morgan fingerprint density at radius 1 is 1.33 bits per heavy atom. The number of hydrogen-bond acceptors (Lipinski definition) is 5. The number of nitrogens with one attached hydrogen (secondary N) is 2. The Labute approximate surface area is 123 Å². The van der Waals surface area contributed by atoms with Gasteiger partial charge in [-0.1, -0.05) is 12.1 Å². The van der Waals surface area contributed by atoms with Crippen LogP contribution in [0.4, 0.5) is 0 Å². The predicted octanol–water partition coefficient (Wildman–Crippen LogP) is 1.38. The van der Waals surface area contributed by atoms with Crippen LogP contribution < -0.4 is 15.4 Å². The molecule has 2 N–H and O–H groups in total. The van der Waals surface area contributed by atoms with E-state index in [-0.39, 0.29) is 5.91 Å². The van der Waals surface area contributed by atoms with Crippen molar-refractivity contribution < 1.29 is 13.9 Å². The lowest BCUT2D eigenvalue weighted by Crippen LogP contribution is -2.26. The van der Waals surface area contributed by atoms with Crippen molar-refractivity contribution in [2.45, 2.75) is 13.0 Å². The van der Waals surface area contributed by atoms with E-state index < -0.39 is 0 Å². The Balaban J connectivity index is 1.80. The fraction of sp³-hybridized carbons (Fsp3) is 0.333. The predicted molar refractivity (Wildman–Crippen MR) is 78.3 cm³/mol. The quantitative estimate of drug-likeness (QED) is 0.805. The van der Waals surface area contributed by atoms with E-state index in [1.165, 1.54) is 6.26 Å². The summed E-state index contributed by atoms with van der Waals surface area (Å²) in [5, 5.41) is 5.73. The Hall–Kier alpha value is -2.34. The van der Waals surface area contributed by atoms with Crippen LogP contribution in [0.15, 0.2) is 34.9 Å². The van der Waals surface area contributed by atoms with Crippen molar-refractivity contribution in [3.05, 3.63) is 47.7 Å². The Morgan fingerprint density at radius 3 is 2.76 bits per heavy atom. The molecule has 0 aliphatic carbocycles. The standard InChI is InChI=1S/C15H19N3O3/c1-16-9-14-18-13(10-21-14)15(19)17-8-7-11-3-5-12(20-2)6-4-11/h3-6,10,16H,7-9H2,1-2H3,(H,17,19). The minimum Gasteiger partial charge on any atom is -0.497 e. The van der Waals surface area contributed by atoms with Crippen molar-refractivity contribution in [1.82, 2.24) is 15.6 Å². The zero-order valence-electron chi connectivity index (χ0n) is 12.2. The van der Waals surface area contributed by atoms with Gasteiger partial charge in [0.1, 0.15) is 12.0 Å². The summed E-state index contributed by atoms with van der Waals surface area (Å²) in [5.41, 5.74) is 1.43. The molecule has 0 saturated heterocycles. The van der Waals surface area contributed by atoms with Crippen LogP contribution >= 0.6 is 0 Å². The molecule has 0 spiro atoms. The van der Waals surface area contributed by atoms with Gasteiger partial charge in [0, 0.05) is 6.54 Å². The molecule has 0 radical (unpaired) electrons. The van der Waals surface area contributed by atoms with Crippen LogP contribution in [0.1, 0.15) is 21.9 Å². The molecule has 2 rings (SSSR count). The van der Waals surface area contributed by atoms with Crippen LogP contribution in [0, 0.1) is 0 Å². The van der Waals surface area contributed by atoms with Gasteiger partial charge in [0.15, 0.2) is 5.69 Å². The molecular weight excluding hydrogens is 270 g/mol. The normalized spacial score (nSPS) is 10.4. The molecule has 6 nitrogen and oxygen atoms in total. The summed E-state index contributed by atoms with van der Waals surface area (Å²) < 4.78 is 10.3. The number of rotatable bonds is 7. The maximum absolute atomic E-state index is 11.9. The van der Waals surface area contributed by atoms with Crippen molar-refractivity contribution >= 4 is 5.91 Å². The third-order valence-electron chi connectivity index (χ3n) is 2.97. The Morgan fingerprint density at radius 2 is 2.10 bits per heavy atom. The van der Waals surface area contributed by atoms with Crippen LogP contribution in [-0.4, -0.2) is 31.6 Å². The number of benzene rings is 1. The lowest BCUT2D eigenvalue weighted by Gasteiger charge is -2.04. The second-order valence-corrected chi connectivity index (χ2v) is 4.51. The molecule has 2 aromatic rings. The maximum atomic E-state index is 11.9. The molecular formula is C15H19N3O3. The van der Waals surface area contributed by atoms with Gasteiger partial charge in [-0.15, -0.1) is 0 Å². The lowest BCUT2D eigenvalue weighted by atomic mass is 10.1. The number of hydrogen-bond donors (Lipinski definition) is 2. The van der Waals surface area contributed by atoms with Crippen LogP contribution in [0.3, 0.4) is 0 Å². The van der Waals surface area contributed by atoms with Gasteiger partial charge in [-0.3, -0.25) is 4.79 Å². The van der Waals surface area contributed by atoms with E-state index in [0.717, 1.165) is 17.7 Å². The number of amides is 1. The average molecular weight is 289 g/mol. The highest BCUT2D eigenvalue weighted by molar-refractivity contribution is 5.91. The van der Waals surface area contributed by atoms with Crippen LogP contribution in [0.5, 0.6) is 5.75 Å². The summed E-state index contributed by atoms with van der Waals surface area (Å²) in [6.45, 7) is 1.04. The molecule has 0 aliphatic rings.